The number of nitrogens with zero attached hydrogens (tertiary/aromatic N) is 2. The van der Waals surface area contributed by atoms with E-state index in [0.29, 0.717) is 11.4 Å². The first kappa shape index (κ1) is 10.4. The quantitative estimate of drug-likeness (QED) is 0.802. The molecule has 0 unspecified atom stereocenters. The zero-order valence-electron chi connectivity index (χ0n) is 9.11. The van der Waals surface area contributed by atoms with Crippen LogP contribution in [0.2, 0.25) is 0 Å². The number of anilines is 1. The van der Waals surface area contributed by atoms with E-state index in [-0.39, 0.29) is 5.91 Å². The van der Waals surface area contributed by atoms with Gasteiger partial charge in [-0.1, -0.05) is 0 Å². The van der Waals surface area contributed by atoms with Crippen molar-refractivity contribution in [2.45, 2.75) is 13.8 Å². The van der Waals surface area contributed by atoms with Gasteiger partial charge in [0.2, 0.25) is 0 Å². The van der Waals surface area contributed by atoms with Crippen LogP contribution in [0.4, 0.5) is 5.82 Å². The van der Waals surface area contributed by atoms with Crippen molar-refractivity contribution in [2.24, 2.45) is 0 Å². The second-order valence-corrected chi connectivity index (χ2v) is 3.51. The molecular weight excluding hydrogens is 204 g/mol. The maximum Gasteiger partial charge on any atom is 0.256 e. The van der Waals surface area contributed by atoms with Gasteiger partial charge in [0.25, 0.3) is 5.91 Å². The molecule has 0 atom stereocenters. The Kier molecular flexibility index (Phi) is 2.68. The summed E-state index contributed by atoms with van der Waals surface area (Å²) in [5.74, 6) is 0.385. The predicted octanol–water partition coefficient (Wildman–Crippen LogP) is 1.67. The van der Waals surface area contributed by atoms with Gasteiger partial charge in [-0.05, 0) is 26.0 Å². The van der Waals surface area contributed by atoms with Crippen LogP contribution in [-0.2, 0) is 0 Å². The molecule has 0 saturated heterocycles. The molecule has 2 rings (SSSR count). The first-order chi connectivity index (χ1) is 7.68. The smallest absolute Gasteiger partial charge is 0.256 e. The number of hydrogen-bond acceptors (Lipinski definition) is 3. The largest absolute Gasteiger partial charge is 0.305 e. The minimum Gasteiger partial charge on any atom is -0.305 e. The number of amides is 1. The summed E-state index contributed by atoms with van der Waals surface area (Å²) in [4.78, 5) is 15.6. The molecular formula is C11H12N4O. The topological polar surface area (TPSA) is 70.7 Å². The molecule has 82 valence electrons. The fraction of sp³-hybridized carbons (Fsp3) is 0.182. The molecule has 0 aliphatic rings. The monoisotopic (exact) mass is 216 g/mol. The number of aromatic amines is 1. The molecule has 5 heteroatoms. The average Bonchev–Trinajstić information content (AvgIpc) is 2.62. The SMILES string of the molecule is Cc1[nH]nc(NC(=O)c2ccncc2)c1C. The van der Waals surface area contributed by atoms with Gasteiger partial charge in [-0.15, -0.1) is 0 Å². The van der Waals surface area contributed by atoms with Crippen LogP contribution in [0.1, 0.15) is 21.6 Å². The summed E-state index contributed by atoms with van der Waals surface area (Å²) >= 11 is 0. The standard InChI is InChI=1S/C11H12N4O/c1-7-8(2)14-15-10(7)13-11(16)9-3-5-12-6-4-9/h3-6H,1-2H3,(H2,13,14,15,16). The Morgan fingerprint density at radius 2 is 2.00 bits per heavy atom. The number of H-pyrrole nitrogens is 1. The lowest BCUT2D eigenvalue weighted by Crippen LogP contribution is -2.12. The molecule has 0 aliphatic heterocycles. The molecule has 16 heavy (non-hydrogen) atoms. The minimum absolute atomic E-state index is 0.183. The van der Waals surface area contributed by atoms with Crippen LogP contribution in [-0.4, -0.2) is 21.1 Å². The average molecular weight is 216 g/mol. The van der Waals surface area contributed by atoms with E-state index in [1.807, 2.05) is 13.8 Å². The molecule has 0 aliphatic carbocycles. The van der Waals surface area contributed by atoms with E-state index in [1.54, 1.807) is 24.5 Å². The van der Waals surface area contributed by atoms with Crippen molar-refractivity contribution in [1.82, 2.24) is 15.2 Å². The first-order valence-corrected chi connectivity index (χ1v) is 4.91. The predicted molar refractivity (Wildman–Crippen MR) is 60.3 cm³/mol. The van der Waals surface area contributed by atoms with Crippen LogP contribution < -0.4 is 5.32 Å². The van der Waals surface area contributed by atoms with Crippen LogP contribution in [0.25, 0.3) is 0 Å². The van der Waals surface area contributed by atoms with Gasteiger partial charge in [0.1, 0.15) is 0 Å². The van der Waals surface area contributed by atoms with Crippen LogP contribution in [0.5, 0.6) is 0 Å². The van der Waals surface area contributed by atoms with E-state index < -0.39 is 0 Å². The Morgan fingerprint density at radius 1 is 1.31 bits per heavy atom. The third kappa shape index (κ3) is 1.93. The Balaban J connectivity index is 2.17. The third-order valence-electron chi connectivity index (χ3n) is 2.43. The number of pyridine rings is 1. The van der Waals surface area contributed by atoms with Crippen molar-refractivity contribution in [1.29, 1.82) is 0 Å². The van der Waals surface area contributed by atoms with Gasteiger partial charge in [-0.3, -0.25) is 14.9 Å². The van der Waals surface area contributed by atoms with Crippen molar-refractivity contribution < 1.29 is 4.79 Å². The molecule has 0 fully saturated rings. The van der Waals surface area contributed by atoms with E-state index in [9.17, 15) is 4.79 Å². The lowest BCUT2D eigenvalue weighted by Gasteiger charge is -2.02. The number of carbonyl (C=O) groups is 1. The van der Waals surface area contributed by atoms with E-state index in [4.69, 9.17) is 0 Å². The number of aryl methyl sites for hydroxylation is 1. The van der Waals surface area contributed by atoms with E-state index in [0.717, 1.165) is 11.3 Å². The fourth-order valence-corrected chi connectivity index (χ4v) is 1.29. The van der Waals surface area contributed by atoms with E-state index in [2.05, 4.69) is 20.5 Å². The number of rotatable bonds is 2. The zero-order chi connectivity index (χ0) is 11.5. The summed E-state index contributed by atoms with van der Waals surface area (Å²) in [5, 5.41) is 9.56. The van der Waals surface area contributed by atoms with Crippen molar-refractivity contribution in [3.8, 4) is 0 Å². The maximum atomic E-state index is 11.8. The second kappa shape index (κ2) is 4.14. The van der Waals surface area contributed by atoms with Crippen LogP contribution in [0.3, 0.4) is 0 Å². The first-order valence-electron chi connectivity index (χ1n) is 4.91. The summed E-state index contributed by atoms with van der Waals surface area (Å²) in [5.41, 5.74) is 2.46. The molecule has 0 saturated carbocycles. The van der Waals surface area contributed by atoms with Crippen molar-refractivity contribution >= 4 is 11.7 Å². The number of hydrogen-bond donors (Lipinski definition) is 2. The van der Waals surface area contributed by atoms with Gasteiger partial charge >= 0.3 is 0 Å². The van der Waals surface area contributed by atoms with Gasteiger partial charge < -0.3 is 5.32 Å². The number of aromatic nitrogens is 3. The van der Waals surface area contributed by atoms with Gasteiger partial charge in [0.15, 0.2) is 5.82 Å². The lowest BCUT2D eigenvalue weighted by atomic mass is 10.2. The number of nitrogens with one attached hydrogen (secondary N) is 2. The summed E-state index contributed by atoms with van der Waals surface area (Å²) < 4.78 is 0. The van der Waals surface area contributed by atoms with E-state index >= 15 is 0 Å². The Bertz CT molecular complexity index is 504. The molecule has 0 bridgehead atoms. The third-order valence-corrected chi connectivity index (χ3v) is 2.43. The summed E-state index contributed by atoms with van der Waals surface area (Å²) in [6, 6.07) is 3.31. The molecule has 2 heterocycles. The van der Waals surface area contributed by atoms with Gasteiger partial charge in [-0.25, -0.2) is 0 Å². The number of carbonyl (C=O) groups excluding carboxylic acids is 1. The Morgan fingerprint density at radius 3 is 2.56 bits per heavy atom. The molecule has 2 N–H and O–H groups in total. The highest BCUT2D eigenvalue weighted by Gasteiger charge is 2.10. The maximum absolute atomic E-state index is 11.8. The molecule has 1 amide bonds. The normalized spacial score (nSPS) is 10.1. The molecule has 2 aromatic heterocycles. The van der Waals surface area contributed by atoms with E-state index in [1.165, 1.54) is 0 Å². The molecule has 0 aromatic carbocycles. The van der Waals surface area contributed by atoms with Gasteiger partial charge in [0, 0.05) is 29.2 Å². The lowest BCUT2D eigenvalue weighted by molar-refractivity contribution is 0.102. The zero-order valence-corrected chi connectivity index (χ0v) is 9.11. The van der Waals surface area contributed by atoms with Crippen LogP contribution in [0.15, 0.2) is 24.5 Å². The Hall–Kier alpha value is -2.17. The summed E-state index contributed by atoms with van der Waals surface area (Å²) in [6.45, 7) is 3.81. The second-order valence-electron chi connectivity index (χ2n) is 3.51. The van der Waals surface area contributed by atoms with Gasteiger partial charge in [0.05, 0.1) is 0 Å². The highest BCUT2D eigenvalue weighted by Crippen LogP contribution is 2.14. The highest BCUT2D eigenvalue weighted by molar-refractivity contribution is 6.03. The van der Waals surface area contributed by atoms with Crippen LogP contribution >= 0.6 is 0 Å². The minimum atomic E-state index is -0.183. The summed E-state index contributed by atoms with van der Waals surface area (Å²) in [7, 11) is 0. The van der Waals surface area contributed by atoms with Crippen LogP contribution in [0, 0.1) is 13.8 Å². The highest BCUT2D eigenvalue weighted by atomic mass is 16.1. The fourth-order valence-electron chi connectivity index (χ4n) is 1.29. The van der Waals surface area contributed by atoms with Crippen molar-refractivity contribution in [2.75, 3.05) is 5.32 Å². The van der Waals surface area contributed by atoms with Crippen molar-refractivity contribution in [3.05, 3.63) is 41.3 Å². The molecule has 0 spiro atoms. The molecule has 0 radical (unpaired) electrons. The molecule has 2 aromatic rings. The van der Waals surface area contributed by atoms with Gasteiger partial charge in [-0.2, -0.15) is 5.10 Å². The van der Waals surface area contributed by atoms with Crippen molar-refractivity contribution in [3.63, 3.8) is 0 Å². The Labute approximate surface area is 92.9 Å². The molecule has 5 nitrogen and oxygen atoms in total. The summed E-state index contributed by atoms with van der Waals surface area (Å²) in [6.07, 6.45) is 3.16.